The Balaban J connectivity index is 1.60. The minimum absolute atomic E-state index is 0.109. The van der Waals surface area contributed by atoms with E-state index in [0.717, 1.165) is 12.0 Å². The molecule has 2 heterocycles. The van der Waals surface area contributed by atoms with Crippen LogP contribution < -0.4 is 9.47 Å². The lowest BCUT2D eigenvalue weighted by Gasteiger charge is -2.33. The van der Waals surface area contributed by atoms with E-state index >= 15 is 0 Å². The van der Waals surface area contributed by atoms with Crippen LogP contribution in [0.3, 0.4) is 0 Å². The van der Waals surface area contributed by atoms with E-state index in [1.54, 1.807) is 28.9 Å². The van der Waals surface area contributed by atoms with Gasteiger partial charge in [0.15, 0.2) is 11.5 Å². The fraction of sp³-hybridized carbons (Fsp3) is 0.474. The van der Waals surface area contributed by atoms with E-state index in [2.05, 4.69) is 0 Å². The van der Waals surface area contributed by atoms with Crippen molar-refractivity contribution >= 4 is 29.7 Å². The molecule has 0 saturated carbocycles. The molecule has 7 nitrogen and oxygen atoms in total. The van der Waals surface area contributed by atoms with Gasteiger partial charge < -0.3 is 24.0 Å². The van der Waals surface area contributed by atoms with Crippen LogP contribution in [0.25, 0.3) is 6.08 Å². The highest BCUT2D eigenvalue weighted by atomic mass is 35.5. The smallest absolute Gasteiger partial charge is 0.409 e. The van der Waals surface area contributed by atoms with E-state index in [1.807, 2.05) is 6.07 Å². The number of halogens is 1. The van der Waals surface area contributed by atoms with Crippen molar-refractivity contribution in [1.82, 2.24) is 9.80 Å². The summed E-state index contributed by atoms with van der Waals surface area (Å²) in [5.74, 6) is 1.03. The summed E-state index contributed by atoms with van der Waals surface area (Å²) >= 11 is 6.27. The van der Waals surface area contributed by atoms with Gasteiger partial charge in [-0.05, 0) is 30.7 Å². The summed E-state index contributed by atoms with van der Waals surface area (Å²) in [6.07, 6.45) is 3.68. The maximum absolute atomic E-state index is 12.4. The Kier molecular flexibility index (Phi) is 6.45. The van der Waals surface area contributed by atoms with Gasteiger partial charge in [-0.1, -0.05) is 11.6 Å². The zero-order valence-corrected chi connectivity index (χ0v) is 16.0. The monoisotopic (exact) mass is 394 g/mol. The third-order valence-electron chi connectivity index (χ3n) is 4.36. The molecule has 8 heteroatoms. The fourth-order valence-corrected chi connectivity index (χ4v) is 3.22. The highest BCUT2D eigenvalue weighted by Crippen LogP contribution is 2.38. The molecular weight excluding hydrogens is 372 g/mol. The Labute approximate surface area is 163 Å². The van der Waals surface area contributed by atoms with Crippen LogP contribution in [0.5, 0.6) is 11.5 Å². The lowest BCUT2D eigenvalue weighted by molar-refractivity contribution is -0.127. The molecule has 0 aliphatic carbocycles. The van der Waals surface area contributed by atoms with Crippen molar-refractivity contribution in [2.75, 3.05) is 46.0 Å². The predicted molar refractivity (Wildman–Crippen MR) is 101 cm³/mol. The summed E-state index contributed by atoms with van der Waals surface area (Å²) in [5, 5.41) is 0.463. The zero-order chi connectivity index (χ0) is 19.2. The van der Waals surface area contributed by atoms with Gasteiger partial charge in [-0.3, -0.25) is 4.79 Å². The van der Waals surface area contributed by atoms with Gasteiger partial charge in [-0.2, -0.15) is 0 Å². The quantitative estimate of drug-likeness (QED) is 0.737. The van der Waals surface area contributed by atoms with Crippen molar-refractivity contribution < 1.29 is 23.8 Å². The summed E-state index contributed by atoms with van der Waals surface area (Å²) in [5.41, 5.74) is 0.766. The number of nitrogens with zero attached hydrogens (tertiary/aromatic N) is 2. The maximum atomic E-state index is 12.4. The summed E-state index contributed by atoms with van der Waals surface area (Å²) in [7, 11) is 0. The van der Waals surface area contributed by atoms with Crippen molar-refractivity contribution in [1.29, 1.82) is 0 Å². The van der Waals surface area contributed by atoms with Crippen LogP contribution in [-0.4, -0.2) is 67.8 Å². The first-order valence-electron chi connectivity index (χ1n) is 9.06. The van der Waals surface area contributed by atoms with Crippen LogP contribution in [0.4, 0.5) is 4.79 Å². The lowest BCUT2D eigenvalue weighted by atomic mass is 10.1. The number of rotatable bonds is 3. The average molecular weight is 395 g/mol. The third kappa shape index (κ3) is 4.86. The number of amides is 2. The molecule has 0 N–H and O–H groups in total. The molecule has 27 heavy (non-hydrogen) atoms. The normalized spacial score (nSPS) is 17.0. The Morgan fingerprint density at radius 3 is 2.59 bits per heavy atom. The molecule has 0 aromatic heterocycles. The first kappa shape index (κ1) is 19.4. The van der Waals surface area contributed by atoms with E-state index in [0.29, 0.717) is 62.5 Å². The van der Waals surface area contributed by atoms with E-state index in [1.165, 1.54) is 6.08 Å². The molecule has 1 aromatic carbocycles. The minimum Gasteiger partial charge on any atom is -0.489 e. The predicted octanol–water partition coefficient (Wildman–Crippen LogP) is 2.82. The number of hydrogen-bond acceptors (Lipinski definition) is 5. The van der Waals surface area contributed by atoms with Crippen LogP contribution in [0, 0.1) is 0 Å². The highest BCUT2D eigenvalue weighted by molar-refractivity contribution is 6.32. The molecular formula is C19H23ClN2O5. The number of piperazine rings is 1. The third-order valence-corrected chi connectivity index (χ3v) is 4.64. The molecule has 1 fully saturated rings. The lowest BCUT2D eigenvalue weighted by Crippen LogP contribution is -2.50. The molecule has 2 amide bonds. The van der Waals surface area contributed by atoms with Crippen molar-refractivity contribution in [2.45, 2.75) is 13.3 Å². The molecule has 1 aromatic rings. The van der Waals surface area contributed by atoms with Crippen LogP contribution in [0.1, 0.15) is 18.9 Å². The second-order valence-corrected chi connectivity index (χ2v) is 6.63. The summed E-state index contributed by atoms with van der Waals surface area (Å²) in [6.45, 7) is 5.14. The SMILES string of the molecule is CCOC(=O)N1CCN(C(=O)/C=C/c2cc(Cl)c3c(c2)OCCCO3)CC1. The van der Waals surface area contributed by atoms with Gasteiger partial charge in [0.2, 0.25) is 5.91 Å². The first-order chi connectivity index (χ1) is 13.1. The van der Waals surface area contributed by atoms with Crippen LogP contribution in [-0.2, 0) is 9.53 Å². The molecule has 1 saturated heterocycles. The number of benzene rings is 1. The van der Waals surface area contributed by atoms with Crippen LogP contribution in [0.2, 0.25) is 5.02 Å². The number of carbonyl (C=O) groups excluding carboxylic acids is 2. The molecule has 2 aliphatic rings. The van der Waals surface area contributed by atoms with Crippen LogP contribution in [0.15, 0.2) is 18.2 Å². The van der Waals surface area contributed by atoms with Crippen molar-refractivity contribution in [3.63, 3.8) is 0 Å². The molecule has 0 atom stereocenters. The van der Waals surface area contributed by atoms with Gasteiger partial charge in [0.05, 0.1) is 24.8 Å². The Morgan fingerprint density at radius 2 is 1.85 bits per heavy atom. The summed E-state index contributed by atoms with van der Waals surface area (Å²) in [4.78, 5) is 27.4. The summed E-state index contributed by atoms with van der Waals surface area (Å²) in [6, 6.07) is 3.56. The fourth-order valence-electron chi connectivity index (χ4n) is 2.94. The maximum Gasteiger partial charge on any atom is 0.409 e. The van der Waals surface area contributed by atoms with Gasteiger partial charge in [0.25, 0.3) is 0 Å². The van der Waals surface area contributed by atoms with Gasteiger partial charge in [0, 0.05) is 38.7 Å². The molecule has 0 radical (unpaired) electrons. The van der Waals surface area contributed by atoms with Gasteiger partial charge in [-0.15, -0.1) is 0 Å². The Hall–Kier alpha value is -2.41. The molecule has 3 rings (SSSR count). The Bertz CT molecular complexity index is 729. The number of hydrogen-bond donors (Lipinski definition) is 0. The molecule has 0 unspecified atom stereocenters. The van der Waals surface area contributed by atoms with Crippen molar-refractivity contribution in [3.05, 3.63) is 28.8 Å². The topological polar surface area (TPSA) is 68.3 Å². The van der Waals surface area contributed by atoms with E-state index in [-0.39, 0.29) is 12.0 Å². The second-order valence-electron chi connectivity index (χ2n) is 6.23. The summed E-state index contributed by atoms with van der Waals surface area (Å²) < 4.78 is 16.2. The van der Waals surface area contributed by atoms with Gasteiger partial charge in [0.1, 0.15) is 0 Å². The molecule has 0 bridgehead atoms. The van der Waals surface area contributed by atoms with E-state index in [4.69, 9.17) is 25.8 Å². The zero-order valence-electron chi connectivity index (χ0n) is 15.3. The number of fused-ring (bicyclic) bond motifs is 1. The molecule has 146 valence electrons. The number of ether oxygens (including phenoxy) is 3. The molecule has 0 spiro atoms. The average Bonchev–Trinajstić information content (AvgIpc) is 2.92. The van der Waals surface area contributed by atoms with Crippen LogP contribution >= 0.6 is 11.6 Å². The van der Waals surface area contributed by atoms with Crippen molar-refractivity contribution in [3.8, 4) is 11.5 Å². The van der Waals surface area contributed by atoms with E-state index < -0.39 is 0 Å². The van der Waals surface area contributed by atoms with Crippen molar-refractivity contribution in [2.24, 2.45) is 0 Å². The largest absolute Gasteiger partial charge is 0.489 e. The second kappa shape index (κ2) is 8.99. The van der Waals surface area contributed by atoms with Gasteiger partial charge in [-0.25, -0.2) is 4.79 Å². The first-order valence-corrected chi connectivity index (χ1v) is 9.44. The highest BCUT2D eigenvalue weighted by Gasteiger charge is 2.23. The standard InChI is InChI=1S/C19H23ClN2O5/c1-2-25-19(24)22-8-6-21(7-9-22)17(23)5-4-14-12-15(20)18-16(13-14)26-10-3-11-27-18/h4-5,12-13H,2-3,6-11H2,1H3/b5-4+. The molecule has 2 aliphatic heterocycles. The number of carbonyl (C=O) groups is 2. The minimum atomic E-state index is -0.332. The Morgan fingerprint density at radius 1 is 1.15 bits per heavy atom. The van der Waals surface area contributed by atoms with E-state index in [9.17, 15) is 9.59 Å². The van der Waals surface area contributed by atoms with Gasteiger partial charge >= 0.3 is 6.09 Å².